The molecule has 0 rings (SSSR count). The summed E-state index contributed by atoms with van der Waals surface area (Å²) in [5.74, 6) is -0.0542. The molecule has 0 aliphatic rings. The lowest BCUT2D eigenvalue weighted by Crippen LogP contribution is -2.45. The average molecular weight is 1170 g/mol. The van der Waals surface area contributed by atoms with Gasteiger partial charge in [0.05, 0.1) is 25.4 Å². The van der Waals surface area contributed by atoms with Gasteiger partial charge in [0.15, 0.2) is 0 Å². The summed E-state index contributed by atoms with van der Waals surface area (Å²) < 4.78 is 5.50. The molecule has 0 radical (unpaired) electrons. The summed E-state index contributed by atoms with van der Waals surface area (Å²) in [5.41, 5.74) is 0. The third kappa shape index (κ3) is 68.8. The Balaban J connectivity index is 3.38. The zero-order valence-electron chi connectivity index (χ0n) is 55.9. The number of carbonyl (C=O) groups is 2. The van der Waals surface area contributed by atoms with Crippen LogP contribution in [0.1, 0.15) is 406 Å². The van der Waals surface area contributed by atoms with E-state index in [4.69, 9.17) is 4.74 Å². The van der Waals surface area contributed by atoms with Crippen LogP contribution in [0.25, 0.3) is 0 Å². The van der Waals surface area contributed by atoms with E-state index in [1.54, 1.807) is 6.08 Å². The number of nitrogens with one attached hydrogen (secondary N) is 1. The largest absolute Gasteiger partial charge is 0.466 e. The molecule has 1 amide bonds. The van der Waals surface area contributed by atoms with Gasteiger partial charge in [-0.1, -0.05) is 351 Å². The Hall–Kier alpha value is -2.18. The molecular weight excluding hydrogens is 1020 g/mol. The van der Waals surface area contributed by atoms with E-state index in [0.29, 0.717) is 19.4 Å². The number of allylic oxidation sites excluding steroid dienone is 7. The summed E-state index contributed by atoms with van der Waals surface area (Å²) >= 11 is 0. The summed E-state index contributed by atoms with van der Waals surface area (Å²) in [4.78, 5) is 24.6. The number of amides is 1. The van der Waals surface area contributed by atoms with E-state index in [1.807, 2.05) is 6.08 Å². The Bertz CT molecular complexity index is 1390. The smallest absolute Gasteiger partial charge is 0.305 e. The first-order valence-electron chi connectivity index (χ1n) is 37.4. The van der Waals surface area contributed by atoms with Crippen LogP contribution >= 0.6 is 0 Å². The Labute approximate surface area is 518 Å². The molecule has 0 aromatic carbocycles. The molecule has 0 saturated heterocycles. The minimum atomic E-state index is -0.843. The molecule has 0 fully saturated rings. The molecule has 83 heavy (non-hydrogen) atoms. The molecule has 0 spiro atoms. The molecule has 0 heterocycles. The highest BCUT2D eigenvalue weighted by Crippen LogP contribution is 2.18. The highest BCUT2D eigenvalue weighted by atomic mass is 16.5. The van der Waals surface area contributed by atoms with E-state index in [-0.39, 0.29) is 18.5 Å². The predicted octanol–water partition coefficient (Wildman–Crippen LogP) is 24.4. The van der Waals surface area contributed by atoms with Crippen molar-refractivity contribution in [1.82, 2.24) is 5.32 Å². The minimum absolute atomic E-state index is 0.00942. The Morgan fingerprint density at radius 3 is 0.928 bits per heavy atom. The maximum Gasteiger partial charge on any atom is 0.305 e. The van der Waals surface area contributed by atoms with Crippen molar-refractivity contribution in [3.63, 3.8) is 0 Å². The Kier molecular flexibility index (Phi) is 70.4. The third-order valence-corrected chi connectivity index (χ3v) is 17.3. The third-order valence-electron chi connectivity index (χ3n) is 17.3. The molecule has 0 aromatic heterocycles. The van der Waals surface area contributed by atoms with Gasteiger partial charge in [-0.25, -0.2) is 0 Å². The van der Waals surface area contributed by atoms with Gasteiger partial charge < -0.3 is 20.3 Å². The van der Waals surface area contributed by atoms with Crippen molar-refractivity contribution >= 4 is 11.9 Å². The van der Waals surface area contributed by atoms with E-state index >= 15 is 0 Å². The van der Waals surface area contributed by atoms with Crippen LogP contribution in [0.4, 0.5) is 0 Å². The van der Waals surface area contributed by atoms with Crippen molar-refractivity contribution in [3.8, 4) is 0 Å². The maximum atomic E-state index is 12.5. The van der Waals surface area contributed by atoms with Crippen LogP contribution in [0, 0.1) is 0 Å². The first-order valence-corrected chi connectivity index (χ1v) is 37.4. The number of rotatable bonds is 70. The summed E-state index contributed by atoms with van der Waals surface area (Å²) in [6.07, 6.45) is 95.0. The molecule has 2 unspecified atom stereocenters. The number of aliphatic hydroxyl groups is 2. The molecule has 0 bridgehead atoms. The number of ether oxygens (including phenoxy) is 1. The molecule has 3 N–H and O–H groups in total. The summed E-state index contributed by atoms with van der Waals surface area (Å²) in [6.45, 7) is 4.92. The van der Waals surface area contributed by atoms with Gasteiger partial charge in [-0.15, -0.1) is 0 Å². The van der Waals surface area contributed by atoms with Crippen molar-refractivity contribution < 1.29 is 24.5 Å². The molecule has 488 valence electrons. The molecule has 0 aliphatic carbocycles. The maximum absolute atomic E-state index is 12.5. The number of unbranched alkanes of at least 4 members (excludes halogenated alkanes) is 53. The van der Waals surface area contributed by atoms with Crippen LogP contribution < -0.4 is 5.32 Å². The highest BCUT2D eigenvalue weighted by molar-refractivity contribution is 5.76. The molecule has 0 aliphatic heterocycles. The summed E-state index contributed by atoms with van der Waals surface area (Å²) in [6, 6.07) is -0.626. The fourth-order valence-electron chi connectivity index (χ4n) is 11.6. The minimum Gasteiger partial charge on any atom is -0.466 e. The van der Waals surface area contributed by atoms with Crippen LogP contribution in [0.3, 0.4) is 0 Å². The van der Waals surface area contributed by atoms with Gasteiger partial charge in [-0.3, -0.25) is 9.59 Å². The fourth-order valence-corrected chi connectivity index (χ4v) is 11.6. The number of esters is 1. The van der Waals surface area contributed by atoms with Crippen LogP contribution in [0.2, 0.25) is 0 Å². The van der Waals surface area contributed by atoms with Crippen LogP contribution in [-0.2, 0) is 14.3 Å². The Morgan fingerprint density at radius 1 is 0.337 bits per heavy atom. The van der Waals surface area contributed by atoms with E-state index in [1.165, 1.54) is 327 Å². The SMILES string of the molecule is CCCCCCCCC/C=C\CCCCCCCC(=O)OCCCCCCCCCCCCC/C=C\C/C=C\CCCCCCCCCCCCCCCCCCCC(=O)NC(CO)C(O)/C=C/CCCCCCCCCCCCCCC. The van der Waals surface area contributed by atoms with Gasteiger partial charge in [0, 0.05) is 12.8 Å². The van der Waals surface area contributed by atoms with Crippen LogP contribution in [0.15, 0.2) is 48.6 Å². The van der Waals surface area contributed by atoms with E-state index < -0.39 is 12.1 Å². The van der Waals surface area contributed by atoms with Crippen molar-refractivity contribution in [3.05, 3.63) is 48.6 Å². The second-order valence-corrected chi connectivity index (χ2v) is 25.6. The quantitative estimate of drug-likeness (QED) is 0.0320. The summed E-state index contributed by atoms with van der Waals surface area (Å²) in [5, 5.41) is 23.2. The lowest BCUT2D eigenvalue weighted by atomic mass is 10.0. The first-order chi connectivity index (χ1) is 41.0. The Morgan fingerprint density at radius 2 is 0.602 bits per heavy atom. The topological polar surface area (TPSA) is 95.9 Å². The van der Waals surface area contributed by atoms with Crippen molar-refractivity contribution in [2.45, 2.75) is 418 Å². The number of aliphatic hydroxyl groups excluding tert-OH is 2. The van der Waals surface area contributed by atoms with Crippen LogP contribution in [-0.4, -0.2) is 47.4 Å². The normalized spacial score (nSPS) is 12.8. The molecule has 6 heteroatoms. The second kappa shape index (κ2) is 72.3. The van der Waals surface area contributed by atoms with Crippen molar-refractivity contribution in [1.29, 1.82) is 0 Å². The van der Waals surface area contributed by atoms with Crippen molar-refractivity contribution in [2.24, 2.45) is 0 Å². The van der Waals surface area contributed by atoms with E-state index in [2.05, 4.69) is 55.6 Å². The number of hydrogen-bond donors (Lipinski definition) is 3. The van der Waals surface area contributed by atoms with Gasteiger partial charge in [0.25, 0.3) is 0 Å². The standard InChI is InChI=1S/C77H145NO5/c1-3-5-7-9-11-13-15-17-19-43-47-51-55-59-63-67-71-77(82)83-72-68-64-60-56-52-48-44-40-38-36-34-32-30-28-26-24-22-20-21-23-25-27-29-31-33-35-37-39-42-46-50-54-58-62-66-70-76(81)78-74(73-79)75(80)69-65-61-57-53-49-45-41-18-16-14-12-10-8-6-4-2/h19,22,24,28,30,43,65,69,74-75,79-80H,3-18,20-21,23,25-27,29,31-42,44-64,66-68,70-73H2,1-2H3,(H,78,81)/b24-22-,30-28-,43-19-,69-65+. The van der Waals surface area contributed by atoms with Gasteiger partial charge in [-0.2, -0.15) is 0 Å². The molecule has 0 aromatic rings. The van der Waals surface area contributed by atoms with Gasteiger partial charge in [0.2, 0.25) is 5.91 Å². The molecule has 0 saturated carbocycles. The highest BCUT2D eigenvalue weighted by Gasteiger charge is 2.18. The summed E-state index contributed by atoms with van der Waals surface area (Å²) in [7, 11) is 0. The first kappa shape index (κ1) is 80.8. The van der Waals surface area contributed by atoms with E-state index in [0.717, 1.165) is 51.4 Å². The van der Waals surface area contributed by atoms with Crippen LogP contribution in [0.5, 0.6) is 0 Å². The predicted molar refractivity (Wildman–Crippen MR) is 366 cm³/mol. The van der Waals surface area contributed by atoms with E-state index in [9.17, 15) is 19.8 Å². The molecular formula is C77H145NO5. The zero-order chi connectivity index (χ0) is 59.9. The number of hydrogen-bond acceptors (Lipinski definition) is 5. The molecule has 6 nitrogen and oxygen atoms in total. The monoisotopic (exact) mass is 1160 g/mol. The van der Waals surface area contributed by atoms with Gasteiger partial charge in [0.1, 0.15) is 0 Å². The zero-order valence-corrected chi connectivity index (χ0v) is 55.9. The van der Waals surface area contributed by atoms with Crippen molar-refractivity contribution in [2.75, 3.05) is 13.2 Å². The lowest BCUT2D eigenvalue weighted by molar-refractivity contribution is -0.143. The number of carbonyl (C=O) groups excluding carboxylic acids is 2. The second-order valence-electron chi connectivity index (χ2n) is 25.6. The van der Waals surface area contributed by atoms with Gasteiger partial charge >= 0.3 is 5.97 Å². The molecule has 2 atom stereocenters. The lowest BCUT2D eigenvalue weighted by Gasteiger charge is -2.20. The fraction of sp³-hybridized carbons (Fsp3) is 0.870. The average Bonchev–Trinajstić information content (AvgIpc) is 3.49. The van der Waals surface area contributed by atoms with Gasteiger partial charge in [-0.05, 0) is 89.9 Å².